The van der Waals surface area contributed by atoms with Crippen LogP contribution in [0.4, 0.5) is 5.69 Å². The molecule has 0 unspecified atom stereocenters. The Morgan fingerprint density at radius 2 is 1.52 bits per heavy atom. The molecule has 0 aliphatic carbocycles. The first-order valence-corrected chi connectivity index (χ1v) is 9.77. The van der Waals surface area contributed by atoms with Gasteiger partial charge in [0.1, 0.15) is 0 Å². The maximum absolute atomic E-state index is 12.3. The lowest BCUT2D eigenvalue weighted by Crippen LogP contribution is -2.38. The number of thioether (sulfide) groups is 1. The Balaban J connectivity index is 1.57. The molecule has 0 saturated carbocycles. The van der Waals surface area contributed by atoms with Gasteiger partial charge in [-0.1, -0.05) is 12.1 Å². The van der Waals surface area contributed by atoms with Crippen molar-refractivity contribution in [1.82, 2.24) is 4.90 Å². The molecule has 0 radical (unpaired) electrons. The quantitative estimate of drug-likeness (QED) is 0.828. The van der Waals surface area contributed by atoms with Crippen LogP contribution >= 0.6 is 11.8 Å². The van der Waals surface area contributed by atoms with E-state index < -0.39 is 5.97 Å². The Labute approximate surface area is 161 Å². The van der Waals surface area contributed by atoms with E-state index in [9.17, 15) is 14.4 Å². The molecular weight excluding hydrogens is 364 g/mol. The van der Waals surface area contributed by atoms with Crippen molar-refractivity contribution in [2.45, 2.75) is 6.42 Å². The number of carboxylic acid groups (broad SMARTS) is 1. The van der Waals surface area contributed by atoms with Gasteiger partial charge in [0, 0.05) is 35.8 Å². The fourth-order valence-corrected chi connectivity index (χ4v) is 3.68. The van der Waals surface area contributed by atoms with Crippen LogP contribution in [0.1, 0.15) is 26.3 Å². The second kappa shape index (κ2) is 8.73. The van der Waals surface area contributed by atoms with Crippen molar-refractivity contribution in [3.05, 3.63) is 65.2 Å². The van der Waals surface area contributed by atoms with Crippen molar-refractivity contribution in [2.75, 3.05) is 29.9 Å². The Morgan fingerprint density at radius 1 is 0.926 bits per heavy atom. The third-order valence-electron chi connectivity index (χ3n) is 4.32. The average Bonchev–Trinajstić information content (AvgIpc) is 2.70. The fraction of sp³-hybridized carbons (Fsp3) is 0.250. The van der Waals surface area contributed by atoms with E-state index in [-0.39, 0.29) is 17.4 Å². The number of carboxylic acids is 1. The number of benzene rings is 2. The topological polar surface area (TPSA) is 86.7 Å². The SMILES string of the molecule is O=C(O)c1ccc(C(=O)Nc2ccc(CC(=O)N3CCSCC3)cc2)cc1. The van der Waals surface area contributed by atoms with E-state index >= 15 is 0 Å². The van der Waals surface area contributed by atoms with Gasteiger partial charge >= 0.3 is 5.97 Å². The van der Waals surface area contributed by atoms with Gasteiger partial charge in [-0.3, -0.25) is 9.59 Å². The first-order valence-electron chi connectivity index (χ1n) is 8.62. The minimum Gasteiger partial charge on any atom is -0.478 e. The molecule has 1 aliphatic rings. The van der Waals surface area contributed by atoms with Gasteiger partial charge in [-0.2, -0.15) is 11.8 Å². The number of nitrogens with one attached hydrogen (secondary N) is 1. The standard InChI is InChI=1S/C20H20N2O4S/c23-18(22-9-11-27-12-10-22)13-14-1-7-17(8-2-14)21-19(24)15-3-5-16(6-4-15)20(25)26/h1-8H,9-13H2,(H,21,24)(H,25,26). The van der Waals surface area contributed by atoms with Gasteiger partial charge in [0.2, 0.25) is 5.91 Å². The van der Waals surface area contributed by atoms with Crippen LogP contribution in [0.25, 0.3) is 0 Å². The Hall–Kier alpha value is -2.80. The summed E-state index contributed by atoms with van der Waals surface area (Å²) in [5.41, 5.74) is 2.03. The number of carbonyl (C=O) groups is 3. The molecule has 2 amide bonds. The molecule has 1 fully saturated rings. The zero-order valence-corrected chi connectivity index (χ0v) is 15.5. The second-order valence-corrected chi connectivity index (χ2v) is 7.43. The van der Waals surface area contributed by atoms with Crippen molar-refractivity contribution < 1.29 is 19.5 Å². The summed E-state index contributed by atoms with van der Waals surface area (Å²) in [7, 11) is 0. The molecule has 2 aromatic carbocycles. The maximum atomic E-state index is 12.3. The van der Waals surface area contributed by atoms with Crippen LogP contribution in [-0.2, 0) is 11.2 Å². The summed E-state index contributed by atoms with van der Waals surface area (Å²) in [5, 5.41) is 11.7. The third kappa shape index (κ3) is 5.10. The number of hydrogen-bond acceptors (Lipinski definition) is 4. The minimum absolute atomic E-state index is 0.130. The molecule has 3 rings (SSSR count). The van der Waals surface area contributed by atoms with E-state index in [1.54, 1.807) is 12.1 Å². The molecule has 0 spiro atoms. The number of rotatable bonds is 5. The predicted octanol–water partition coefficient (Wildman–Crippen LogP) is 2.76. The van der Waals surface area contributed by atoms with E-state index in [1.165, 1.54) is 24.3 Å². The Bertz CT molecular complexity index is 828. The van der Waals surface area contributed by atoms with Crippen molar-refractivity contribution in [2.24, 2.45) is 0 Å². The molecule has 27 heavy (non-hydrogen) atoms. The molecule has 1 saturated heterocycles. The Morgan fingerprint density at radius 3 is 2.11 bits per heavy atom. The van der Waals surface area contributed by atoms with Crippen molar-refractivity contribution >= 4 is 35.2 Å². The van der Waals surface area contributed by atoms with Gasteiger partial charge in [-0.05, 0) is 42.0 Å². The molecule has 7 heteroatoms. The lowest BCUT2D eigenvalue weighted by Gasteiger charge is -2.26. The van der Waals surface area contributed by atoms with Crippen LogP contribution in [0, 0.1) is 0 Å². The minimum atomic E-state index is -1.03. The molecule has 0 atom stereocenters. The van der Waals surface area contributed by atoms with Gasteiger partial charge < -0.3 is 15.3 Å². The molecule has 2 N–H and O–H groups in total. The first-order chi connectivity index (χ1) is 13.0. The highest BCUT2D eigenvalue weighted by atomic mass is 32.2. The summed E-state index contributed by atoms with van der Waals surface area (Å²) in [5.74, 6) is 0.761. The van der Waals surface area contributed by atoms with Gasteiger partial charge in [0.05, 0.1) is 12.0 Å². The molecule has 140 valence electrons. The van der Waals surface area contributed by atoms with E-state index in [0.29, 0.717) is 17.7 Å². The number of carbonyl (C=O) groups excluding carboxylic acids is 2. The number of anilines is 1. The van der Waals surface area contributed by atoms with Crippen LogP contribution in [-0.4, -0.2) is 52.4 Å². The van der Waals surface area contributed by atoms with Crippen molar-refractivity contribution in [1.29, 1.82) is 0 Å². The fourth-order valence-electron chi connectivity index (χ4n) is 2.77. The van der Waals surface area contributed by atoms with Crippen LogP contribution in [0.5, 0.6) is 0 Å². The van der Waals surface area contributed by atoms with Crippen LogP contribution < -0.4 is 5.32 Å². The third-order valence-corrected chi connectivity index (χ3v) is 5.27. The molecule has 0 aromatic heterocycles. The van der Waals surface area contributed by atoms with E-state index in [2.05, 4.69) is 5.32 Å². The number of aromatic carboxylic acids is 1. The monoisotopic (exact) mass is 384 g/mol. The van der Waals surface area contributed by atoms with Gasteiger partial charge in [0.15, 0.2) is 0 Å². The zero-order valence-electron chi connectivity index (χ0n) is 14.7. The number of hydrogen-bond donors (Lipinski definition) is 2. The largest absolute Gasteiger partial charge is 0.478 e. The van der Waals surface area contributed by atoms with E-state index in [0.717, 1.165) is 30.2 Å². The first kappa shape index (κ1) is 19.0. The molecule has 0 bridgehead atoms. The van der Waals surface area contributed by atoms with E-state index in [4.69, 9.17) is 5.11 Å². The molecular formula is C20H20N2O4S. The summed E-state index contributed by atoms with van der Waals surface area (Å²) in [6.45, 7) is 1.61. The lowest BCUT2D eigenvalue weighted by molar-refractivity contribution is -0.130. The highest BCUT2D eigenvalue weighted by Gasteiger charge is 2.17. The molecule has 1 aliphatic heterocycles. The summed E-state index contributed by atoms with van der Waals surface area (Å²) in [6.07, 6.45) is 0.357. The maximum Gasteiger partial charge on any atom is 0.335 e. The highest BCUT2D eigenvalue weighted by Crippen LogP contribution is 2.15. The van der Waals surface area contributed by atoms with Gasteiger partial charge in [0.25, 0.3) is 5.91 Å². The molecule has 2 aromatic rings. The van der Waals surface area contributed by atoms with Gasteiger partial charge in [-0.15, -0.1) is 0 Å². The Kier molecular flexibility index (Phi) is 6.13. The number of amides is 2. The smallest absolute Gasteiger partial charge is 0.335 e. The summed E-state index contributed by atoms with van der Waals surface area (Å²) in [6, 6.07) is 12.9. The van der Waals surface area contributed by atoms with Crippen molar-refractivity contribution in [3.8, 4) is 0 Å². The van der Waals surface area contributed by atoms with Crippen LogP contribution in [0.15, 0.2) is 48.5 Å². The summed E-state index contributed by atoms with van der Waals surface area (Å²) in [4.78, 5) is 37.3. The van der Waals surface area contributed by atoms with Crippen LogP contribution in [0.2, 0.25) is 0 Å². The van der Waals surface area contributed by atoms with Crippen molar-refractivity contribution in [3.63, 3.8) is 0 Å². The normalized spacial score (nSPS) is 13.9. The molecule has 6 nitrogen and oxygen atoms in total. The summed E-state index contributed by atoms with van der Waals surface area (Å²) >= 11 is 1.87. The predicted molar refractivity (Wildman–Crippen MR) is 105 cm³/mol. The van der Waals surface area contributed by atoms with Crippen LogP contribution in [0.3, 0.4) is 0 Å². The number of nitrogens with zero attached hydrogens (tertiary/aromatic N) is 1. The second-order valence-electron chi connectivity index (χ2n) is 6.20. The lowest BCUT2D eigenvalue weighted by atomic mass is 10.1. The zero-order chi connectivity index (χ0) is 19.2. The summed E-state index contributed by atoms with van der Waals surface area (Å²) < 4.78 is 0. The highest BCUT2D eigenvalue weighted by molar-refractivity contribution is 7.99. The average molecular weight is 384 g/mol. The van der Waals surface area contributed by atoms with Gasteiger partial charge in [-0.25, -0.2) is 4.79 Å². The molecule has 1 heterocycles. The van der Waals surface area contributed by atoms with E-state index in [1.807, 2.05) is 28.8 Å².